The van der Waals surface area contributed by atoms with Gasteiger partial charge in [-0.15, -0.1) is 5.10 Å². The number of aryl methyl sites for hydroxylation is 1. The van der Waals surface area contributed by atoms with Crippen LogP contribution in [0.25, 0.3) is 11.4 Å². The first-order valence-electron chi connectivity index (χ1n) is 6.28. The summed E-state index contributed by atoms with van der Waals surface area (Å²) in [5, 5.41) is 10.9. The molecule has 0 bridgehead atoms. The maximum atomic E-state index is 4.36. The molecule has 0 aliphatic heterocycles. The molecule has 0 saturated heterocycles. The van der Waals surface area contributed by atoms with Crippen LogP contribution in [0.5, 0.6) is 0 Å². The maximum absolute atomic E-state index is 4.36. The molecule has 6 nitrogen and oxygen atoms in total. The Morgan fingerprint density at radius 1 is 1.05 bits per heavy atom. The number of hydrogen-bond donors (Lipinski definition) is 1. The first-order valence-corrected chi connectivity index (χ1v) is 6.28. The zero-order valence-corrected chi connectivity index (χ0v) is 11.1. The van der Waals surface area contributed by atoms with Gasteiger partial charge in [0.1, 0.15) is 0 Å². The number of rotatable bonds is 4. The fraction of sp³-hybridized carbons (Fsp3) is 0.143. The van der Waals surface area contributed by atoms with Crippen molar-refractivity contribution < 1.29 is 0 Å². The van der Waals surface area contributed by atoms with E-state index in [-0.39, 0.29) is 0 Å². The van der Waals surface area contributed by atoms with Crippen LogP contribution in [0.4, 0.5) is 5.69 Å². The maximum Gasteiger partial charge on any atom is 0.159 e. The summed E-state index contributed by atoms with van der Waals surface area (Å²) >= 11 is 0. The molecule has 3 rings (SSSR count). The Morgan fingerprint density at radius 2 is 1.80 bits per heavy atom. The molecule has 1 aromatic carbocycles. The Hall–Kier alpha value is -2.76. The second-order valence-electron chi connectivity index (χ2n) is 4.36. The lowest BCUT2D eigenvalue weighted by Crippen LogP contribution is -2.06. The third-order valence-electron chi connectivity index (χ3n) is 2.97. The van der Waals surface area contributed by atoms with Crippen molar-refractivity contribution in [3.8, 4) is 11.4 Å². The Morgan fingerprint density at radius 3 is 2.45 bits per heavy atom. The van der Waals surface area contributed by atoms with Crippen LogP contribution >= 0.6 is 0 Å². The van der Waals surface area contributed by atoms with E-state index >= 15 is 0 Å². The minimum Gasteiger partial charge on any atom is -0.377 e. The molecule has 0 radical (unpaired) electrons. The van der Waals surface area contributed by atoms with E-state index < -0.39 is 0 Å². The molecule has 0 spiro atoms. The van der Waals surface area contributed by atoms with Gasteiger partial charge >= 0.3 is 0 Å². The van der Waals surface area contributed by atoms with Crippen LogP contribution in [0.3, 0.4) is 0 Å². The van der Waals surface area contributed by atoms with Crippen LogP contribution in [0.15, 0.2) is 48.9 Å². The zero-order chi connectivity index (χ0) is 13.8. The fourth-order valence-electron chi connectivity index (χ4n) is 1.82. The van der Waals surface area contributed by atoms with E-state index in [1.165, 1.54) is 0 Å². The molecule has 0 aliphatic carbocycles. The first kappa shape index (κ1) is 12.3. The summed E-state index contributed by atoms with van der Waals surface area (Å²) < 4.78 is 1.73. The minimum absolute atomic E-state index is 0.636. The average molecular weight is 266 g/mol. The van der Waals surface area contributed by atoms with Gasteiger partial charge in [-0.3, -0.25) is 4.68 Å². The standard InChI is InChI=1S/C14H14N6/c1-20-13(10-18-19-20)9-15-12-7-16-14(17-8-12)11-5-3-2-4-6-11/h2-8,10,15H,9H2,1H3. The summed E-state index contributed by atoms with van der Waals surface area (Å²) in [6.45, 7) is 0.636. The lowest BCUT2D eigenvalue weighted by Gasteiger charge is -2.06. The van der Waals surface area contributed by atoms with Crippen molar-refractivity contribution in [3.05, 3.63) is 54.6 Å². The minimum atomic E-state index is 0.636. The monoisotopic (exact) mass is 266 g/mol. The number of nitrogens with zero attached hydrogens (tertiary/aromatic N) is 5. The van der Waals surface area contributed by atoms with E-state index in [4.69, 9.17) is 0 Å². The number of benzene rings is 1. The molecule has 0 aliphatic rings. The van der Waals surface area contributed by atoms with Crippen LogP contribution in [-0.2, 0) is 13.6 Å². The molecule has 0 saturated carbocycles. The van der Waals surface area contributed by atoms with E-state index in [0.717, 1.165) is 22.8 Å². The van der Waals surface area contributed by atoms with Crippen LogP contribution in [0.2, 0.25) is 0 Å². The van der Waals surface area contributed by atoms with Gasteiger partial charge in [-0.1, -0.05) is 35.5 Å². The quantitative estimate of drug-likeness (QED) is 0.781. The van der Waals surface area contributed by atoms with Crippen LogP contribution in [0.1, 0.15) is 5.69 Å². The van der Waals surface area contributed by atoms with E-state index in [1.807, 2.05) is 37.4 Å². The topological polar surface area (TPSA) is 68.5 Å². The predicted molar refractivity (Wildman–Crippen MR) is 75.8 cm³/mol. The van der Waals surface area contributed by atoms with Crippen LogP contribution in [-0.4, -0.2) is 25.0 Å². The summed E-state index contributed by atoms with van der Waals surface area (Å²) in [6.07, 6.45) is 5.28. The summed E-state index contributed by atoms with van der Waals surface area (Å²) in [5.41, 5.74) is 2.87. The largest absolute Gasteiger partial charge is 0.377 e. The van der Waals surface area contributed by atoms with Gasteiger partial charge in [0.25, 0.3) is 0 Å². The lowest BCUT2D eigenvalue weighted by atomic mass is 10.2. The third kappa shape index (κ3) is 2.64. The fourth-order valence-corrected chi connectivity index (χ4v) is 1.82. The Balaban J connectivity index is 1.69. The summed E-state index contributed by atoms with van der Waals surface area (Å²) in [4.78, 5) is 8.72. The summed E-state index contributed by atoms with van der Waals surface area (Å²) in [5.74, 6) is 0.721. The van der Waals surface area contributed by atoms with Gasteiger partial charge in [-0.05, 0) is 0 Å². The molecule has 2 aromatic heterocycles. The highest BCUT2D eigenvalue weighted by Gasteiger charge is 2.02. The number of anilines is 1. The molecule has 100 valence electrons. The average Bonchev–Trinajstić information content (AvgIpc) is 2.92. The summed E-state index contributed by atoms with van der Waals surface area (Å²) in [7, 11) is 1.86. The van der Waals surface area contributed by atoms with Gasteiger partial charge in [0.05, 0.1) is 36.5 Å². The van der Waals surface area contributed by atoms with Crippen molar-refractivity contribution in [2.75, 3.05) is 5.32 Å². The third-order valence-corrected chi connectivity index (χ3v) is 2.97. The SMILES string of the molecule is Cn1nncc1CNc1cnc(-c2ccccc2)nc1. The smallest absolute Gasteiger partial charge is 0.159 e. The molecule has 0 fully saturated rings. The highest BCUT2D eigenvalue weighted by atomic mass is 15.4. The van der Waals surface area contributed by atoms with Crippen LogP contribution < -0.4 is 5.32 Å². The second-order valence-corrected chi connectivity index (χ2v) is 4.36. The van der Waals surface area contributed by atoms with Crippen molar-refractivity contribution in [1.29, 1.82) is 0 Å². The van der Waals surface area contributed by atoms with E-state index in [9.17, 15) is 0 Å². The molecular weight excluding hydrogens is 252 g/mol. The molecule has 20 heavy (non-hydrogen) atoms. The van der Waals surface area contributed by atoms with Crippen LogP contribution in [0, 0.1) is 0 Å². The predicted octanol–water partition coefficient (Wildman–Crippen LogP) is 1.88. The molecule has 2 heterocycles. The molecule has 0 unspecified atom stereocenters. The number of nitrogens with one attached hydrogen (secondary N) is 1. The van der Waals surface area contributed by atoms with Gasteiger partial charge in [-0.2, -0.15) is 0 Å². The summed E-state index contributed by atoms with van der Waals surface area (Å²) in [6, 6.07) is 9.90. The van der Waals surface area contributed by atoms with E-state index in [0.29, 0.717) is 6.54 Å². The Labute approximate surface area is 116 Å². The normalized spacial score (nSPS) is 10.4. The van der Waals surface area contributed by atoms with Crippen molar-refractivity contribution in [2.24, 2.45) is 7.05 Å². The van der Waals surface area contributed by atoms with Gasteiger partial charge < -0.3 is 5.32 Å². The Kier molecular flexibility index (Phi) is 3.36. The molecule has 1 N–H and O–H groups in total. The number of aromatic nitrogens is 5. The van der Waals surface area contributed by atoms with E-state index in [1.54, 1.807) is 23.3 Å². The molecule has 6 heteroatoms. The van der Waals surface area contributed by atoms with Crippen molar-refractivity contribution in [3.63, 3.8) is 0 Å². The first-order chi connectivity index (χ1) is 9.83. The Bertz CT molecular complexity index is 674. The highest BCUT2D eigenvalue weighted by Crippen LogP contribution is 2.15. The van der Waals surface area contributed by atoms with Crippen molar-refractivity contribution >= 4 is 5.69 Å². The molecule has 0 atom stereocenters. The van der Waals surface area contributed by atoms with Gasteiger partial charge in [-0.25, -0.2) is 9.97 Å². The highest BCUT2D eigenvalue weighted by molar-refractivity contribution is 5.55. The van der Waals surface area contributed by atoms with E-state index in [2.05, 4.69) is 25.6 Å². The molecule has 0 amide bonds. The van der Waals surface area contributed by atoms with Crippen molar-refractivity contribution in [1.82, 2.24) is 25.0 Å². The molecular formula is C14H14N6. The van der Waals surface area contributed by atoms with Gasteiger partial charge in [0.15, 0.2) is 5.82 Å². The second kappa shape index (κ2) is 5.48. The van der Waals surface area contributed by atoms with Gasteiger partial charge in [0.2, 0.25) is 0 Å². The zero-order valence-electron chi connectivity index (χ0n) is 11.1. The molecule has 3 aromatic rings. The van der Waals surface area contributed by atoms with Gasteiger partial charge in [0, 0.05) is 12.6 Å². The van der Waals surface area contributed by atoms with Crippen molar-refractivity contribution in [2.45, 2.75) is 6.54 Å². The number of hydrogen-bond acceptors (Lipinski definition) is 5. The lowest BCUT2D eigenvalue weighted by molar-refractivity contribution is 0.683.